The molecule has 5 heteroatoms. The van der Waals surface area contributed by atoms with Crippen molar-refractivity contribution < 1.29 is 10.2 Å². The van der Waals surface area contributed by atoms with E-state index >= 15 is 0 Å². The van der Waals surface area contributed by atoms with Gasteiger partial charge in [-0.2, -0.15) is 11.8 Å². The van der Waals surface area contributed by atoms with Crippen molar-refractivity contribution in [3.63, 3.8) is 0 Å². The predicted molar refractivity (Wildman–Crippen MR) is 166 cm³/mol. The van der Waals surface area contributed by atoms with E-state index in [4.69, 9.17) is 0 Å². The molecule has 4 atom stereocenters. The van der Waals surface area contributed by atoms with Crippen molar-refractivity contribution in [3.05, 3.63) is 109 Å². The minimum absolute atomic E-state index is 0.00629. The summed E-state index contributed by atoms with van der Waals surface area (Å²) >= 11 is 1.91. The molecule has 4 unspecified atom stereocenters. The maximum absolute atomic E-state index is 10.6. The quantitative estimate of drug-likeness (QED) is 0.192. The van der Waals surface area contributed by atoms with E-state index < -0.39 is 0 Å². The van der Waals surface area contributed by atoms with Crippen LogP contribution in [0.25, 0.3) is 33.0 Å². The predicted octanol–water partition coefficient (Wildman–Crippen LogP) is 7.22. The molecule has 2 aromatic heterocycles. The van der Waals surface area contributed by atoms with Gasteiger partial charge < -0.3 is 20.2 Å². The van der Waals surface area contributed by atoms with Gasteiger partial charge in [0.25, 0.3) is 0 Å². The van der Waals surface area contributed by atoms with Gasteiger partial charge in [0.15, 0.2) is 0 Å². The van der Waals surface area contributed by atoms with Crippen LogP contribution in [0.1, 0.15) is 25.2 Å². The van der Waals surface area contributed by atoms with Gasteiger partial charge in [0.1, 0.15) is 0 Å². The summed E-state index contributed by atoms with van der Waals surface area (Å²) in [6, 6.07) is 21.0. The third-order valence-corrected chi connectivity index (χ3v) is 10.4. The Morgan fingerprint density at radius 1 is 0.692 bits per heavy atom. The number of hydrogen-bond donors (Lipinski definition) is 4. The molecule has 0 amide bonds. The molecule has 2 aliphatic carbocycles. The Balaban J connectivity index is 1.19. The summed E-state index contributed by atoms with van der Waals surface area (Å²) in [5.74, 6) is 1.74. The lowest BCUT2D eigenvalue weighted by Crippen LogP contribution is -2.36. The minimum atomic E-state index is -0.194. The lowest BCUT2D eigenvalue weighted by Gasteiger charge is -2.40. The van der Waals surface area contributed by atoms with Gasteiger partial charge in [-0.25, -0.2) is 0 Å². The Morgan fingerprint density at radius 3 is 1.54 bits per heavy atom. The second-order valence-electron chi connectivity index (χ2n) is 11.5. The molecule has 2 aliphatic rings. The zero-order chi connectivity index (χ0) is 27.0. The number of para-hydroxylation sites is 2. The fourth-order valence-electron chi connectivity index (χ4n) is 6.33. The van der Waals surface area contributed by atoms with E-state index in [2.05, 4.69) is 109 Å². The summed E-state index contributed by atoms with van der Waals surface area (Å²) in [5.41, 5.74) is 6.29. The summed E-state index contributed by atoms with van der Waals surface area (Å²) in [5, 5.41) is 23.5. The van der Waals surface area contributed by atoms with Crippen molar-refractivity contribution in [1.29, 1.82) is 0 Å². The van der Waals surface area contributed by atoms with Crippen LogP contribution in [0.5, 0.6) is 0 Å². The molecule has 0 bridgehead atoms. The fraction of sp³-hybridized carbons (Fsp3) is 0.294. The molecule has 4 N–H and O–H groups in total. The van der Waals surface area contributed by atoms with E-state index in [0.29, 0.717) is 0 Å². The SMILES string of the molecule is CC1(CSCC2(C)C=CC=C(c3cc4ccccc4[nH]3)C2CO)C=CC=C(c2cc3ccccc3[nH]2)C1CO. The van der Waals surface area contributed by atoms with Crippen molar-refractivity contribution in [3.8, 4) is 0 Å². The summed E-state index contributed by atoms with van der Waals surface area (Å²) in [6.45, 7) is 4.69. The number of aromatic nitrogens is 2. The van der Waals surface area contributed by atoms with Crippen LogP contribution in [0.15, 0.2) is 97.1 Å². The molecule has 0 fully saturated rings. The highest BCUT2D eigenvalue weighted by molar-refractivity contribution is 7.99. The highest BCUT2D eigenvalue weighted by atomic mass is 32.2. The normalized spacial score (nSPS) is 26.8. The first kappa shape index (κ1) is 26.0. The smallest absolute Gasteiger partial charge is 0.0509 e. The standard InChI is InChI=1S/C34H36N2O2S/c1-33(15-7-11-25(27(33)19-37)31-17-23-9-3-5-13-29(23)35-31)21-39-22-34(2)16-8-12-26(28(34)20-38)32-18-24-10-4-6-14-30(24)36-32/h3-18,27-28,35-38H,19-22H2,1-2H3. The van der Waals surface area contributed by atoms with Gasteiger partial charge in [-0.3, -0.25) is 0 Å². The number of aliphatic hydroxyl groups excluding tert-OH is 2. The van der Waals surface area contributed by atoms with Gasteiger partial charge in [-0.1, -0.05) is 86.7 Å². The van der Waals surface area contributed by atoms with E-state index in [1.165, 1.54) is 10.8 Å². The number of H-pyrrole nitrogens is 2. The van der Waals surface area contributed by atoms with E-state index in [1.54, 1.807) is 0 Å². The number of aromatic amines is 2. The Labute approximate surface area is 234 Å². The Kier molecular flexibility index (Phi) is 6.92. The van der Waals surface area contributed by atoms with Crippen molar-refractivity contribution >= 4 is 44.7 Å². The van der Waals surface area contributed by atoms with Gasteiger partial charge in [0.2, 0.25) is 0 Å². The first-order valence-corrected chi connectivity index (χ1v) is 14.8. The second kappa shape index (κ2) is 10.4. The first-order chi connectivity index (χ1) is 18.9. The van der Waals surface area contributed by atoms with Crippen molar-refractivity contribution in [2.45, 2.75) is 13.8 Å². The van der Waals surface area contributed by atoms with Crippen molar-refractivity contribution in [2.24, 2.45) is 22.7 Å². The van der Waals surface area contributed by atoms with Gasteiger partial charge in [0.05, 0.1) is 13.2 Å². The monoisotopic (exact) mass is 536 g/mol. The number of hydrogen-bond acceptors (Lipinski definition) is 3. The molecule has 2 aromatic carbocycles. The second-order valence-corrected chi connectivity index (χ2v) is 12.5. The van der Waals surface area contributed by atoms with Crippen LogP contribution in [0.3, 0.4) is 0 Å². The first-order valence-electron chi connectivity index (χ1n) is 13.7. The van der Waals surface area contributed by atoms with Crippen molar-refractivity contribution in [2.75, 3.05) is 24.7 Å². The van der Waals surface area contributed by atoms with Crippen LogP contribution >= 0.6 is 11.8 Å². The highest BCUT2D eigenvalue weighted by Gasteiger charge is 2.40. The molecule has 0 spiro atoms. The molecule has 0 saturated heterocycles. The van der Waals surface area contributed by atoms with Gasteiger partial charge in [0, 0.05) is 56.6 Å². The fourth-order valence-corrected chi connectivity index (χ4v) is 7.91. The largest absolute Gasteiger partial charge is 0.396 e. The minimum Gasteiger partial charge on any atom is -0.396 e. The molecule has 4 nitrogen and oxygen atoms in total. The van der Waals surface area contributed by atoms with Crippen LogP contribution in [-0.4, -0.2) is 44.9 Å². The number of rotatable bonds is 8. The molecule has 0 saturated carbocycles. The number of aliphatic hydroxyl groups is 2. The maximum atomic E-state index is 10.6. The molecule has 200 valence electrons. The lowest BCUT2D eigenvalue weighted by atomic mass is 9.71. The molecule has 0 aliphatic heterocycles. The summed E-state index contributed by atoms with van der Waals surface area (Å²) in [6.07, 6.45) is 13.1. The lowest BCUT2D eigenvalue weighted by molar-refractivity contribution is 0.191. The third kappa shape index (κ3) is 4.73. The number of thioether (sulfide) groups is 1. The van der Waals surface area contributed by atoms with Gasteiger partial charge >= 0.3 is 0 Å². The molecule has 0 radical (unpaired) electrons. The molecule has 2 heterocycles. The Hall–Kier alpha value is -3.25. The summed E-state index contributed by atoms with van der Waals surface area (Å²) < 4.78 is 0. The van der Waals surface area contributed by atoms with E-state index in [9.17, 15) is 10.2 Å². The zero-order valence-electron chi connectivity index (χ0n) is 22.5. The number of allylic oxidation sites excluding steroid dienone is 6. The van der Waals surface area contributed by atoms with E-state index in [-0.39, 0.29) is 35.9 Å². The molecule has 6 rings (SSSR count). The molecular weight excluding hydrogens is 500 g/mol. The van der Waals surface area contributed by atoms with Crippen molar-refractivity contribution in [1.82, 2.24) is 9.97 Å². The van der Waals surface area contributed by atoms with Crippen LogP contribution in [0.4, 0.5) is 0 Å². The average Bonchev–Trinajstić information content (AvgIpc) is 3.57. The van der Waals surface area contributed by atoms with E-state index in [1.807, 2.05) is 23.9 Å². The van der Waals surface area contributed by atoms with Crippen LogP contribution in [-0.2, 0) is 0 Å². The Bertz CT molecular complexity index is 1440. The zero-order valence-corrected chi connectivity index (χ0v) is 23.3. The number of nitrogens with one attached hydrogen (secondary N) is 2. The van der Waals surface area contributed by atoms with Crippen LogP contribution < -0.4 is 0 Å². The highest BCUT2D eigenvalue weighted by Crippen LogP contribution is 2.48. The maximum Gasteiger partial charge on any atom is 0.0509 e. The average molecular weight is 537 g/mol. The number of benzene rings is 2. The Morgan fingerprint density at radius 2 is 1.13 bits per heavy atom. The molecule has 39 heavy (non-hydrogen) atoms. The summed E-state index contributed by atoms with van der Waals surface area (Å²) in [7, 11) is 0. The topological polar surface area (TPSA) is 72.0 Å². The van der Waals surface area contributed by atoms with Crippen LogP contribution in [0, 0.1) is 22.7 Å². The van der Waals surface area contributed by atoms with Crippen LogP contribution in [0.2, 0.25) is 0 Å². The number of fused-ring (bicyclic) bond motifs is 2. The third-order valence-electron chi connectivity index (χ3n) is 8.72. The van der Waals surface area contributed by atoms with E-state index in [0.717, 1.165) is 45.1 Å². The van der Waals surface area contributed by atoms with Gasteiger partial charge in [-0.15, -0.1) is 0 Å². The molecule has 4 aromatic rings. The van der Waals surface area contributed by atoms with Gasteiger partial charge in [-0.05, 0) is 46.2 Å². The molecular formula is C34H36N2O2S. The summed E-state index contributed by atoms with van der Waals surface area (Å²) in [4.78, 5) is 7.12.